The zero-order valence-electron chi connectivity index (χ0n) is 12.3. The summed E-state index contributed by atoms with van der Waals surface area (Å²) in [6.45, 7) is 13.2. The molecule has 5 heteroatoms. The molecule has 0 N–H and O–H groups in total. The van der Waals surface area contributed by atoms with Crippen molar-refractivity contribution in [3.63, 3.8) is 0 Å². The molecule has 0 saturated carbocycles. The van der Waals surface area contributed by atoms with E-state index in [1.165, 1.54) is 25.8 Å². The lowest BCUT2D eigenvalue weighted by Gasteiger charge is -2.34. The van der Waals surface area contributed by atoms with E-state index in [0.29, 0.717) is 6.61 Å². The van der Waals surface area contributed by atoms with Gasteiger partial charge in [-0.1, -0.05) is 19.8 Å². The Balaban J connectivity index is 4.33. The normalized spacial score (nSPS) is 15.4. The Morgan fingerprint density at radius 3 is 2.12 bits per heavy atom. The van der Waals surface area contributed by atoms with Crippen molar-refractivity contribution in [2.75, 3.05) is 6.61 Å². The van der Waals surface area contributed by atoms with Gasteiger partial charge in [-0.25, -0.2) is 0 Å². The molecule has 0 aromatic rings. The van der Waals surface area contributed by atoms with Crippen molar-refractivity contribution < 1.29 is 13.6 Å². The Morgan fingerprint density at radius 1 is 1.12 bits per heavy atom. The Kier molecular flexibility index (Phi) is 7.27. The maximum Gasteiger partial charge on any atom is 0.302 e. The molecule has 0 radical (unpaired) electrons. The molecule has 1 unspecified atom stereocenters. The molecule has 0 aliphatic rings. The van der Waals surface area contributed by atoms with Crippen LogP contribution in [0.5, 0.6) is 0 Å². The van der Waals surface area contributed by atoms with E-state index in [1.807, 2.05) is 0 Å². The monoisotopic (exact) mass is 276 g/mol. The molecule has 0 aromatic carbocycles. The Hall–Kier alpha value is -0.136. The van der Waals surface area contributed by atoms with Crippen LogP contribution in [0, 0.1) is 0 Å². The Morgan fingerprint density at radius 2 is 1.71 bits per heavy atom. The van der Waals surface area contributed by atoms with Gasteiger partial charge in [0.1, 0.15) is 0 Å². The molecule has 102 valence electrons. The molecule has 0 bridgehead atoms. The molecule has 0 saturated heterocycles. The molecule has 3 nitrogen and oxygen atoms in total. The van der Waals surface area contributed by atoms with Crippen molar-refractivity contribution in [1.82, 2.24) is 0 Å². The highest BCUT2D eigenvalue weighted by Gasteiger charge is 2.33. The average molecular weight is 277 g/mol. The van der Waals surface area contributed by atoms with E-state index in [-0.39, 0.29) is 5.97 Å². The first-order chi connectivity index (χ1) is 7.68. The van der Waals surface area contributed by atoms with Gasteiger partial charge in [0.05, 0.1) is 6.61 Å². The van der Waals surface area contributed by atoms with Crippen molar-refractivity contribution in [1.29, 1.82) is 0 Å². The lowest BCUT2D eigenvalue weighted by molar-refractivity contribution is -0.140. The molecule has 0 heterocycles. The fraction of sp³-hybridized carbons (Fsp3) is 0.917. The van der Waals surface area contributed by atoms with Crippen LogP contribution in [-0.4, -0.2) is 29.2 Å². The van der Waals surface area contributed by atoms with Gasteiger partial charge in [-0.2, -0.15) is 0 Å². The van der Waals surface area contributed by atoms with Crippen molar-refractivity contribution in [2.24, 2.45) is 0 Å². The van der Waals surface area contributed by atoms with Crippen LogP contribution >= 0.6 is 0 Å². The summed E-state index contributed by atoms with van der Waals surface area (Å²) < 4.78 is 11.5. The quantitative estimate of drug-likeness (QED) is 0.500. The minimum Gasteiger partial charge on any atom is -0.466 e. The lowest BCUT2D eigenvalue weighted by Crippen LogP contribution is -2.45. The van der Waals surface area contributed by atoms with Crippen LogP contribution in [0.4, 0.5) is 0 Å². The maximum atomic E-state index is 10.8. The summed E-state index contributed by atoms with van der Waals surface area (Å²) in [4.78, 5) is 10.8. The second-order valence-corrected chi connectivity index (χ2v) is 14.8. The van der Waals surface area contributed by atoms with Gasteiger partial charge in [0.25, 0.3) is 0 Å². The van der Waals surface area contributed by atoms with Crippen LogP contribution in [0.2, 0.25) is 38.3 Å². The fourth-order valence-electron chi connectivity index (χ4n) is 1.93. The fourth-order valence-corrected chi connectivity index (χ4v) is 10.5. The average Bonchev–Trinajstić information content (AvgIpc) is 2.11. The van der Waals surface area contributed by atoms with E-state index in [4.69, 9.17) is 8.85 Å². The first-order valence-corrected chi connectivity index (χ1v) is 12.8. The van der Waals surface area contributed by atoms with E-state index in [2.05, 4.69) is 33.1 Å². The molecule has 0 fully saturated rings. The van der Waals surface area contributed by atoms with Crippen molar-refractivity contribution in [3.05, 3.63) is 0 Å². The smallest absolute Gasteiger partial charge is 0.302 e. The third kappa shape index (κ3) is 9.55. The number of rotatable bonds is 8. The Bertz CT molecular complexity index is 238. The van der Waals surface area contributed by atoms with Crippen molar-refractivity contribution in [2.45, 2.75) is 65.0 Å². The van der Waals surface area contributed by atoms with Crippen LogP contribution in [-0.2, 0) is 13.6 Å². The lowest BCUT2D eigenvalue weighted by atomic mass is 10.4. The summed E-state index contributed by atoms with van der Waals surface area (Å²) in [7, 11) is -3.19. The largest absolute Gasteiger partial charge is 0.466 e. The van der Waals surface area contributed by atoms with E-state index in [9.17, 15) is 4.79 Å². The third-order valence-corrected chi connectivity index (χ3v) is 9.64. The van der Waals surface area contributed by atoms with Crippen molar-refractivity contribution >= 4 is 22.6 Å². The Labute approximate surface area is 108 Å². The van der Waals surface area contributed by atoms with Crippen LogP contribution in [0.1, 0.15) is 26.7 Å². The van der Waals surface area contributed by atoms with Gasteiger partial charge in [-0.3, -0.25) is 4.79 Å². The van der Waals surface area contributed by atoms with Crippen LogP contribution in [0.15, 0.2) is 0 Å². The zero-order valence-corrected chi connectivity index (χ0v) is 14.3. The molecular formula is C12H28O3Si2. The predicted octanol–water partition coefficient (Wildman–Crippen LogP) is 3.78. The molecule has 0 amide bonds. The molecule has 0 aliphatic carbocycles. The number of ether oxygens (including phenoxy) is 1. The maximum absolute atomic E-state index is 10.8. The summed E-state index contributed by atoms with van der Waals surface area (Å²) in [5.41, 5.74) is 0. The zero-order chi connectivity index (χ0) is 13.5. The SMILES string of the molecule is CCCC[Si](C)(CCOC(C)=O)O[Si](C)(C)C. The van der Waals surface area contributed by atoms with Crippen LogP contribution in [0.25, 0.3) is 0 Å². The van der Waals surface area contributed by atoms with Crippen LogP contribution < -0.4 is 0 Å². The molecule has 0 aromatic heterocycles. The summed E-state index contributed by atoms with van der Waals surface area (Å²) in [6, 6.07) is 2.10. The number of carbonyl (C=O) groups is 1. The van der Waals surface area contributed by atoms with Crippen LogP contribution in [0.3, 0.4) is 0 Å². The van der Waals surface area contributed by atoms with Gasteiger partial charge in [0, 0.05) is 6.92 Å². The first kappa shape index (κ1) is 16.9. The number of unbranched alkanes of at least 4 members (excludes halogenated alkanes) is 1. The van der Waals surface area contributed by atoms with Gasteiger partial charge >= 0.3 is 5.97 Å². The minimum absolute atomic E-state index is 0.190. The van der Waals surface area contributed by atoms with E-state index in [0.717, 1.165) is 6.04 Å². The van der Waals surface area contributed by atoms with Gasteiger partial charge in [0.15, 0.2) is 16.6 Å². The molecule has 0 spiro atoms. The summed E-state index contributed by atoms with van der Waals surface area (Å²) in [5.74, 6) is -0.190. The second-order valence-electron chi connectivity index (χ2n) is 5.86. The topological polar surface area (TPSA) is 35.5 Å². The molecule has 17 heavy (non-hydrogen) atoms. The number of hydrogen-bond donors (Lipinski definition) is 0. The van der Waals surface area contributed by atoms with E-state index >= 15 is 0 Å². The summed E-state index contributed by atoms with van der Waals surface area (Å²) >= 11 is 0. The standard InChI is InChI=1S/C12H28O3Si2/c1-7-8-10-17(6,15-16(3,4)5)11-9-14-12(2)13/h7-11H2,1-6H3. The van der Waals surface area contributed by atoms with Crippen molar-refractivity contribution in [3.8, 4) is 0 Å². The van der Waals surface area contributed by atoms with E-state index < -0.39 is 16.6 Å². The van der Waals surface area contributed by atoms with Gasteiger partial charge in [0.2, 0.25) is 0 Å². The highest BCUT2D eigenvalue weighted by molar-refractivity contribution is 6.84. The third-order valence-electron chi connectivity index (χ3n) is 2.55. The number of carbonyl (C=O) groups excluding carboxylic acids is 1. The summed E-state index contributed by atoms with van der Waals surface area (Å²) in [5, 5.41) is 0. The van der Waals surface area contributed by atoms with Gasteiger partial charge < -0.3 is 8.85 Å². The predicted molar refractivity (Wildman–Crippen MR) is 77.2 cm³/mol. The molecule has 0 aliphatic heterocycles. The molecular weight excluding hydrogens is 248 g/mol. The summed E-state index contributed by atoms with van der Waals surface area (Å²) in [6.07, 6.45) is 2.42. The van der Waals surface area contributed by atoms with E-state index in [1.54, 1.807) is 0 Å². The first-order valence-electron chi connectivity index (χ1n) is 6.52. The van der Waals surface area contributed by atoms with Gasteiger partial charge in [-0.15, -0.1) is 0 Å². The second kappa shape index (κ2) is 7.33. The molecule has 0 rings (SSSR count). The number of hydrogen-bond acceptors (Lipinski definition) is 3. The minimum atomic E-state index is -1.69. The molecule has 1 atom stereocenters. The number of esters is 1. The van der Waals surface area contributed by atoms with Gasteiger partial charge in [-0.05, 0) is 38.3 Å². The highest BCUT2D eigenvalue weighted by Crippen LogP contribution is 2.24. The highest BCUT2D eigenvalue weighted by atomic mass is 28.4.